The second-order valence-electron chi connectivity index (χ2n) is 4.81. The molecule has 0 saturated carbocycles. The first kappa shape index (κ1) is 12.5. The van der Waals surface area contributed by atoms with E-state index in [1.54, 1.807) is 24.3 Å². The number of rotatable bonds is 0. The zero-order valence-corrected chi connectivity index (χ0v) is 11.3. The Labute approximate surface area is 125 Å². The van der Waals surface area contributed by atoms with E-state index in [0.29, 0.717) is 5.52 Å². The molecule has 0 amide bonds. The summed E-state index contributed by atoms with van der Waals surface area (Å²) >= 11 is 0. The van der Waals surface area contributed by atoms with E-state index in [0.717, 1.165) is 5.39 Å². The molecule has 0 fully saturated rings. The molecular weight excluding hydrogens is 282 g/mol. The van der Waals surface area contributed by atoms with Crippen molar-refractivity contribution in [2.75, 3.05) is 0 Å². The van der Waals surface area contributed by atoms with Gasteiger partial charge in [0.15, 0.2) is 5.75 Å². The number of carbonyl (C=O) groups excluding carboxylic acids is 2. The molecule has 0 radical (unpaired) electrons. The van der Waals surface area contributed by atoms with E-state index in [-0.39, 0.29) is 22.8 Å². The molecule has 22 heavy (non-hydrogen) atoms. The normalized spacial score (nSPS) is 13.5. The first-order valence-electron chi connectivity index (χ1n) is 6.65. The third kappa shape index (κ3) is 1.91. The van der Waals surface area contributed by atoms with E-state index in [1.807, 2.05) is 18.2 Å². The molecule has 0 atom stereocenters. The van der Waals surface area contributed by atoms with Gasteiger partial charge in [-0.05, 0) is 24.3 Å². The average Bonchev–Trinajstić information content (AvgIpc) is 2.54. The summed E-state index contributed by atoms with van der Waals surface area (Å²) in [5.74, 6) is -1.11. The lowest BCUT2D eigenvalue weighted by molar-refractivity contribution is 0.0642. The number of nitrogens with zero attached hydrogens (tertiary/aromatic N) is 1. The Kier molecular flexibility index (Phi) is 2.66. The van der Waals surface area contributed by atoms with Gasteiger partial charge in [0.1, 0.15) is 0 Å². The van der Waals surface area contributed by atoms with Gasteiger partial charge < -0.3 is 9.47 Å². The topological polar surface area (TPSA) is 65.5 Å². The van der Waals surface area contributed by atoms with E-state index in [2.05, 4.69) is 4.98 Å². The maximum absolute atomic E-state index is 12.2. The summed E-state index contributed by atoms with van der Waals surface area (Å²) in [5, 5.41) is 0.791. The monoisotopic (exact) mass is 291 g/mol. The van der Waals surface area contributed by atoms with Gasteiger partial charge >= 0.3 is 11.9 Å². The van der Waals surface area contributed by atoms with Crippen LogP contribution in [0.4, 0.5) is 0 Å². The molecule has 5 heteroatoms. The van der Waals surface area contributed by atoms with Gasteiger partial charge in [0.2, 0.25) is 0 Å². The molecule has 106 valence electrons. The van der Waals surface area contributed by atoms with Crippen LogP contribution in [0.1, 0.15) is 20.7 Å². The highest BCUT2D eigenvalue weighted by Crippen LogP contribution is 2.32. The predicted octanol–water partition coefficient (Wildman–Crippen LogP) is 2.99. The third-order valence-corrected chi connectivity index (χ3v) is 3.42. The molecule has 4 rings (SSSR count). The molecule has 5 nitrogen and oxygen atoms in total. The number of para-hydroxylation sites is 1. The van der Waals surface area contributed by atoms with Gasteiger partial charge in [-0.25, -0.2) is 14.6 Å². The Morgan fingerprint density at radius 2 is 1.41 bits per heavy atom. The van der Waals surface area contributed by atoms with E-state index in [9.17, 15) is 9.59 Å². The molecule has 2 aromatic carbocycles. The van der Waals surface area contributed by atoms with Crippen LogP contribution in [-0.2, 0) is 0 Å². The lowest BCUT2D eigenvalue weighted by Gasteiger charge is -2.15. The molecule has 0 spiro atoms. The SMILES string of the molecule is O=C1Oc2cc3ccccc3nc2OC(=O)c2ccccc21. The summed E-state index contributed by atoms with van der Waals surface area (Å²) in [4.78, 5) is 28.7. The van der Waals surface area contributed by atoms with Crippen molar-refractivity contribution < 1.29 is 19.1 Å². The summed E-state index contributed by atoms with van der Waals surface area (Å²) in [6.07, 6.45) is 0. The highest BCUT2D eigenvalue weighted by molar-refractivity contribution is 6.05. The highest BCUT2D eigenvalue weighted by atomic mass is 16.6. The fourth-order valence-electron chi connectivity index (χ4n) is 2.36. The van der Waals surface area contributed by atoms with Crippen LogP contribution in [0.2, 0.25) is 0 Å². The number of esters is 2. The fourth-order valence-corrected chi connectivity index (χ4v) is 2.36. The van der Waals surface area contributed by atoms with Crippen molar-refractivity contribution in [3.8, 4) is 11.6 Å². The highest BCUT2D eigenvalue weighted by Gasteiger charge is 2.26. The second kappa shape index (κ2) is 4.66. The van der Waals surface area contributed by atoms with Crippen LogP contribution in [0, 0.1) is 0 Å². The number of hydrogen-bond acceptors (Lipinski definition) is 5. The summed E-state index contributed by atoms with van der Waals surface area (Å²) < 4.78 is 10.6. The van der Waals surface area contributed by atoms with Gasteiger partial charge in [0.05, 0.1) is 16.6 Å². The standard InChI is InChI=1S/C17H9NO4/c19-16-11-6-2-3-7-12(11)17(20)22-15-14(21-16)9-10-5-1-4-8-13(10)18-15/h1-9H. The number of aromatic nitrogens is 1. The number of benzene rings is 2. The van der Waals surface area contributed by atoms with Crippen molar-refractivity contribution in [1.29, 1.82) is 0 Å². The molecule has 0 bridgehead atoms. The number of ether oxygens (including phenoxy) is 2. The lowest BCUT2D eigenvalue weighted by atomic mass is 10.1. The quantitative estimate of drug-likeness (QED) is 0.596. The van der Waals surface area contributed by atoms with Crippen molar-refractivity contribution in [3.05, 3.63) is 65.7 Å². The molecule has 2 heterocycles. The van der Waals surface area contributed by atoms with E-state index in [1.165, 1.54) is 12.1 Å². The zero-order chi connectivity index (χ0) is 15.1. The minimum atomic E-state index is -0.628. The van der Waals surface area contributed by atoms with E-state index in [4.69, 9.17) is 9.47 Å². The lowest BCUT2D eigenvalue weighted by Crippen LogP contribution is -2.21. The van der Waals surface area contributed by atoms with E-state index >= 15 is 0 Å². The molecule has 1 aliphatic rings. The fraction of sp³-hybridized carbons (Fsp3) is 0. The summed E-state index contributed by atoms with van der Waals surface area (Å²) in [7, 11) is 0. The van der Waals surface area contributed by atoms with Gasteiger partial charge in [-0.15, -0.1) is 0 Å². The molecular formula is C17H9NO4. The van der Waals surface area contributed by atoms with Crippen LogP contribution < -0.4 is 9.47 Å². The van der Waals surface area contributed by atoms with Gasteiger partial charge in [-0.3, -0.25) is 0 Å². The van der Waals surface area contributed by atoms with Crippen molar-refractivity contribution in [1.82, 2.24) is 4.98 Å². The number of hydrogen-bond donors (Lipinski definition) is 0. The van der Waals surface area contributed by atoms with E-state index < -0.39 is 11.9 Å². The maximum Gasteiger partial charge on any atom is 0.345 e. The van der Waals surface area contributed by atoms with Crippen molar-refractivity contribution in [2.45, 2.75) is 0 Å². The molecule has 0 saturated heterocycles. The van der Waals surface area contributed by atoms with Gasteiger partial charge in [-0.1, -0.05) is 30.3 Å². The molecule has 0 unspecified atom stereocenters. The predicted molar refractivity (Wildman–Crippen MR) is 78.1 cm³/mol. The maximum atomic E-state index is 12.2. The first-order chi connectivity index (χ1) is 10.7. The Balaban J connectivity index is 1.91. The Morgan fingerprint density at radius 3 is 2.18 bits per heavy atom. The summed E-state index contributed by atoms with van der Waals surface area (Å²) in [6, 6.07) is 15.3. The molecule has 0 N–H and O–H groups in total. The van der Waals surface area contributed by atoms with Crippen molar-refractivity contribution in [3.63, 3.8) is 0 Å². The second-order valence-corrected chi connectivity index (χ2v) is 4.81. The minimum absolute atomic E-state index is 0.00782. The van der Waals surface area contributed by atoms with Crippen LogP contribution in [0.3, 0.4) is 0 Å². The van der Waals surface area contributed by atoms with Gasteiger partial charge in [0.25, 0.3) is 5.88 Å². The van der Waals surface area contributed by atoms with Gasteiger partial charge in [-0.2, -0.15) is 0 Å². The first-order valence-corrected chi connectivity index (χ1v) is 6.65. The van der Waals surface area contributed by atoms with Crippen LogP contribution in [-0.4, -0.2) is 16.9 Å². The van der Waals surface area contributed by atoms with Crippen LogP contribution >= 0.6 is 0 Å². The average molecular weight is 291 g/mol. The minimum Gasteiger partial charge on any atom is -0.417 e. The molecule has 1 aromatic heterocycles. The Hall–Kier alpha value is -3.21. The number of carbonyl (C=O) groups is 2. The summed E-state index contributed by atoms with van der Waals surface area (Å²) in [5.41, 5.74) is 0.985. The number of pyridine rings is 1. The molecule has 0 aliphatic carbocycles. The molecule has 3 aromatic rings. The summed E-state index contributed by atoms with van der Waals surface area (Å²) in [6.45, 7) is 0. The Morgan fingerprint density at radius 1 is 0.773 bits per heavy atom. The molecule has 1 aliphatic heterocycles. The number of fused-ring (bicyclic) bond motifs is 3. The smallest absolute Gasteiger partial charge is 0.345 e. The van der Waals surface area contributed by atoms with Crippen molar-refractivity contribution in [2.24, 2.45) is 0 Å². The third-order valence-electron chi connectivity index (χ3n) is 3.42. The van der Waals surface area contributed by atoms with Crippen molar-refractivity contribution >= 4 is 22.8 Å². The van der Waals surface area contributed by atoms with Crippen LogP contribution in [0.25, 0.3) is 10.9 Å². The van der Waals surface area contributed by atoms with Crippen LogP contribution in [0.15, 0.2) is 54.6 Å². The largest absolute Gasteiger partial charge is 0.417 e. The Bertz CT molecular complexity index is 857. The van der Waals surface area contributed by atoms with Crippen LogP contribution in [0.5, 0.6) is 11.6 Å². The van der Waals surface area contributed by atoms with Gasteiger partial charge in [0, 0.05) is 5.39 Å². The zero-order valence-electron chi connectivity index (χ0n) is 11.3.